The smallest absolute Gasteiger partial charge is 0.254 e. The molecule has 1 aromatic rings. The molecule has 1 atom stereocenters. The van der Waals surface area contributed by atoms with Crippen LogP contribution >= 0.6 is 15.9 Å². The zero-order valence-corrected chi connectivity index (χ0v) is 10.2. The lowest BCUT2D eigenvalue weighted by Gasteiger charge is -2.11. The van der Waals surface area contributed by atoms with Crippen molar-refractivity contribution in [3.63, 3.8) is 0 Å². The maximum absolute atomic E-state index is 13.4. The van der Waals surface area contributed by atoms with Crippen LogP contribution in [-0.4, -0.2) is 25.0 Å². The van der Waals surface area contributed by atoms with Gasteiger partial charge in [0.15, 0.2) is 0 Å². The molecule has 1 saturated heterocycles. The predicted molar refractivity (Wildman–Crippen MR) is 62.8 cm³/mol. The van der Waals surface area contributed by atoms with Crippen LogP contribution in [0.25, 0.3) is 0 Å². The van der Waals surface area contributed by atoms with E-state index in [-0.39, 0.29) is 17.5 Å². The molecule has 3 nitrogen and oxygen atoms in total. The Morgan fingerprint density at radius 3 is 3.06 bits per heavy atom. The Morgan fingerprint density at radius 2 is 2.38 bits per heavy atom. The van der Waals surface area contributed by atoms with E-state index in [2.05, 4.69) is 26.6 Å². The normalized spacial score (nSPS) is 19.8. The summed E-state index contributed by atoms with van der Waals surface area (Å²) < 4.78 is 14.1. The van der Waals surface area contributed by atoms with Gasteiger partial charge in [0.2, 0.25) is 0 Å². The van der Waals surface area contributed by atoms with Gasteiger partial charge in [-0.2, -0.15) is 0 Å². The number of benzene rings is 1. The van der Waals surface area contributed by atoms with Crippen LogP contribution in [0.1, 0.15) is 16.8 Å². The molecule has 2 N–H and O–H groups in total. The maximum atomic E-state index is 13.4. The molecular formula is C11H12BrFN2O. The summed E-state index contributed by atoms with van der Waals surface area (Å²) in [5.74, 6) is -0.848. The Bertz CT molecular complexity index is 405. The van der Waals surface area contributed by atoms with E-state index in [9.17, 15) is 9.18 Å². The first-order valence-corrected chi connectivity index (χ1v) is 5.93. The van der Waals surface area contributed by atoms with E-state index in [1.807, 2.05) is 0 Å². The van der Waals surface area contributed by atoms with Crippen LogP contribution in [-0.2, 0) is 0 Å². The number of nitrogens with one attached hydrogen (secondary N) is 2. The van der Waals surface area contributed by atoms with Crippen LogP contribution in [0.15, 0.2) is 22.7 Å². The molecule has 1 aliphatic rings. The predicted octanol–water partition coefficient (Wildman–Crippen LogP) is 1.68. The van der Waals surface area contributed by atoms with E-state index in [4.69, 9.17) is 0 Å². The molecule has 0 spiro atoms. The van der Waals surface area contributed by atoms with Gasteiger partial charge in [0.1, 0.15) is 5.82 Å². The summed E-state index contributed by atoms with van der Waals surface area (Å²) in [6.07, 6.45) is 0.890. The number of hydrogen-bond donors (Lipinski definition) is 2. The summed E-state index contributed by atoms with van der Waals surface area (Å²) in [4.78, 5) is 11.8. The van der Waals surface area contributed by atoms with Crippen molar-refractivity contribution in [2.24, 2.45) is 0 Å². The first-order chi connectivity index (χ1) is 7.66. The topological polar surface area (TPSA) is 41.1 Å². The first-order valence-electron chi connectivity index (χ1n) is 5.13. The third-order valence-corrected chi connectivity index (χ3v) is 3.06. The molecule has 5 heteroatoms. The standard InChI is InChI=1S/C11H12BrFN2O/c12-7-1-2-10(13)9(5-7)11(16)15-8-3-4-14-6-8/h1-2,5,8,14H,3-4,6H2,(H,15,16)/t8-/m0/s1. The number of halogens is 2. The van der Waals surface area contributed by atoms with Crippen molar-refractivity contribution < 1.29 is 9.18 Å². The fraction of sp³-hybridized carbons (Fsp3) is 0.364. The molecule has 1 aliphatic heterocycles. The highest BCUT2D eigenvalue weighted by molar-refractivity contribution is 9.10. The summed E-state index contributed by atoms with van der Waals surface area (Å²) in [5, 5.41) is 5.94. The summed E-state index contributed by atoms with van der Waals surface area (Å²) in [7, 11) is 0. The molecule has 0 bridgehead atoms. The summed E-state index contributed by atoms with van der Waals surface area (Å²) in [6.45, 7) is 1.65. The number of carbonyl (C=O) groups is 1. The first kappa shape index (κ1) is 11.5. The molecule has 1 heterocycles. The van der Waals surface area contributed by atoms with Crippen molar-refractivity contribution in [1.29, 1.82) is 0 Å². The van der Waals surface area contributed by atoms with Crippen LogP contribution < -0.4 is 10.6 Å². The van der Waals surface area contributed by atoms with Gasteiger partial charge in [0.05, 0.1) is 5.56 Å². The second-order valence-corrected chi connectivity index (χ2v) is 4.70. The van der Waals surface area contributed by atoms with E-state index in [1.165, 1.54) is 12.1 Å². The summed E-state index contributed by atoms with van der Waals surface area (Å²) in [6, 6.07) is 4.45. The van der Waals surface area contributed by atoms with Gasteiger partial charge in [-0.05, 0) is 31.2 Å². The molecule has 0 aromatic heterocycles. The lowest BCUT2D eigenvalue weighted by molar-refractivity contribution is 0.0936. The summed E-state index contributed by atoms with van der Waals surface area (Å²) >= 11 is 3.22. The molecular weight excluding hydrogens is 275 g/mol. The zero-order valence-electron chi connectivity index (χ0n) is 8.59. The average Bonchev–Trinajstić information content (AvgIpc) is 2.74. The van der Waals surface area contributed by atoms with Gasteiger partial charge in [-0.15, -0.1) is 0 Å². The van der Waals surface area contributed by atoms with Crippen LogP contribution in [0.2, 0.25) is 0 Å². The van der Waals surface area contributed by atoms with Gasteiger partial charge in [-0.3, -0.25) is 4.79 Å². The number of rotatable bonds is 2. The van der Waals surface area contributed by atoms with Crippen molar-refractivity contribution in [1.82, 2.24) is 10.6 Å². The minimum Gasteiger partial charge on any atom is -0.348 e. The van der Waals surface area contributed by atoms with Crippen LogP contribution in [0.3, 0.4) is 0 Å². The van der Waals surface area contributed by atoms with Crippen molar-refractivity contribution in [2.45, 2.75) is 12.5 Å². The number of amides is 1. The average molecular weight is 287 g/mol. The van der Waals surface area contributed by atoms with Crippen molar-refractivity contribution in [3.8, 4) is 0 Å². The Hall–Kier alpha value is -0.940. The monoisotopic (exact) mass is 286 g/mol. The Labute approximate surface area is 102 Å². The highest BCUT2D eigenvalue weighted by atomic mass is 79.9. The van der Waals surface area contributed by atoms with Crippen LogP contribution in [0.4, 0.5) is 4.39 Å². The second kappa shape index (κ2) is 4.93. The van der Waals surface area contributed by atoms with Gasteiger partial charge in [-0.1, -0.05) is 15.9 Å². The van der Waals surface area contributed by atoms with Crippen LogP contribution in [0, 0.1) is 5.82 Å². The van der Waals surface area contributed by atoms with Crippen molar-refractivity contribution in [3.05, 3.63) is 34.1 Å². The van der Waals surface area contributed by atoms with Gasteiger partial charge in [-0.25, -0.2) is 4.39 Å². The molecule has 0 saturated carbocycles. The summed E-state index contributed by atoms with van der Waals surface area (Å²) in [5.41, 5.74) is 0.0845. The molecule has 86 valence electrons. The Balaban J connectivity index is 2.10. The van der Waals surface area contributed by atoms with Gasteiger partial charge in [0, 0.05) is 17.1 Å². The Kier molecular flexibility index (Phi) is 3.56. The largest absolute Gasteiger partial charge is 0.348 e. The van der Waals surface area contributed by atoms with Crippen molar-refractivity contribution in [2.75, 3.05) is 13.1 Å². The number of hydrogen-bond acceptors (Lipinski definition) is 2. The molecule has 2 rings (SSSR count). The van der Waals surface area contributed by atoms with E-state index < -0.39 is 5.82 Å². The molecule has 0 radical (unpaired) electrons. The quantitative estimate of drug-likeness (QED) is 0.869. The molecule has 0 unspecified atom stereocenters. The molecule has 1 amide bonds. The minimum absolute atomic E-state index is 0.0845. The number of carbonyl (C=O) groups excluding carboxylic acids is 1. The van der Waals surface area contributed by atoms with Crippen molar-refractivity contribution >= 4 is 21.8 Å². The lowest BCUT2D eigenvalue weighted by Crippen LogP contribution is -2.36. The zero-order chi connectivity index (χ0) is 11.5. The fourth-order valence-corrected chi connectivity index (χ4v) is 2.07. The second-order valence-electron chi connectivity index (χ2n) is 3.79. The third kappa shape index (κ3) is 2.59. The minimum atomic E-state index is -0.494. The van der Waals surface area contributed by atoms with E-state index >= 15 is 0 Å². The Morgan fingerprint density at radius 1 is 1.56 bits per heavy atom. The van der Waals surface area contributed by atoms with Crippen LogP contribution in [0.5, 0.6) is 0 Å². The molecule has 1 aromatic carbocycles. The van der Waals surface area contributed by atoms with E-state index in [0.29, 0.717) is 4.47 Å². The van der Waals surface area contributed by atoms with E-state index in [0.717, 1.165) is 19.5 Å². The SMILES string of the molecule is O=C(N[C@H]1CCNC1)c1cc(Br)ccc1F. The highest BCUT2D eigenvalue weighted by Crippen LogP contribution is 2.15. The molecule has 1 fully saturated rings. The van der Waals surface area contributed by atoms with Gasteiger partial charge < -0.3 is 10.6 Å². The fourth-order valence-electron chi connectivity index (χ4n) is 1.71. The van der Waals surface area contributed by atoms with Gasteiger partial charge in [0.25, 0.3) is 5.91 Å². The lowest BCUT2D eigenvalue weighted by atomic mass is 10.1. The molecule has 16 heavy (non-hydrogen) atoms. The third-order valence-electron chi connectivity index (χ3n) is 2.57. The molecule has 0 aliphatic carbocycles. The maximum Gasteiger partial charge on any atom is 0.254 e. The highest BCUT2D eigenvalue weighted by Gasteiger charge is 2.19. The van der Waals surface area contributed by atoms with E-state index in [1.54, 1.807) is 6.07 Å². The van der Waals surface area contributed by atoms with Gasteiger partial charge >= 0.3 is 0 Å².